The third-order valence-corrected chi connectivity index (χ3v) is 11.2. The first kappa shape index (κ1) is 50.4. The van der Waals surface area contributed by atoms with Crippen LogP contribution in [-0.4, -0.2) is 78.1 Å². The molecule has 0 heterocycles. The zero-order valence-corrected chi connectivity index (χ0v) is 41.0. The van der Waals surface area contributed by atoms with Gasteiger partial charge in [-0.2, -0.15) is 0 Å². The summed E-state index contributed by atoms with van der Waals surface area (Å²) in [4.78, 5) is 16.9. The summed E-state index contributed by atoms with van der Waals surface area (Å²) in [5, 5.41) is 33.8. The number of phenols is 3. The van der Waals surface area contributed by atoms with Crippen LogP contribution in [0, 0.1) is 0 Å². The third kappa shape index (κ3) is 14.3. The van der Waals surface area contributed by atoms with Crippen LogP contribution in [-0.2, 0) is 32.5 Å². The van der Waals surface area contributed by atoms with E-state index in [1.807, 2.05) is 18.6 Å². The van der Waals surface area contributed by atoms with Crippen molar-refractivity contribution in [2.45, 2.75) is 170 Å². The molecule has 0 fully saturated rings. The van der Waals surface area contributed by atoms with Gasteiger partial charge in [0.2, 0.25) is 0 Å². The summed E-state index contributed by atoms with van der Waals surface area (Å²) in [6, 6.07) is 12.6. The van der Waals surface area contributed by atoms with Crippen molar-refractivity contribution in [3.63, 3.8) is 0 Å². The average molecular weight is 823 g/mol. The Morgan fingerprint density at radius 2 is 0.650 bits per heavy atom. The first-order valence-corrected chi connectivity index (χ1v) is 22.2. The van der Waals surface area contributed by atoms with Crippen molar-refractivity contribution in [1.82, 2.24) is 4.90 Å². The highest BCUT2D eigenvalue weighted by Gasteiger charge is 2.27. The van der Waals surface area contributed by atoms with Crippen LogP contribution in [0.2, 0.25) is 0 Å². The molecule has 0 aromatic heterocycles. The maximum Gasteiger partial charge on any atom is 0.128 e. The van der Waals surface area contributed by atoms with E-state index in [4.69, 9.17) is 15.0 Å². The molecule has 0 atom stereocenters. The van der Waals surface area contributed by atoms with Crippen molar-refractivity contribution in [2.24, 2.45) is 15.0 Å². The molecule has 3 N–H and O–H groups in total. The van der Waals surface area contributed by atoms with E-state index in [1.54, 1.807) is 0 Å². The molecule has 0 spiro atoms. The summed E-state index contributed by atoms with van der Waals surface area (Å²) >= 11 is 0. The minimum atomic E-state index is -0.207. The number of aliphatic imine (C=N–C) groups is 3. The maximum atomic E-state index is 11.3. The molecular weight excluding hydrogens is 741 g/mol. The van der Waals surface area contributed by atoms with Crippen LogP contribution in [0.5, 0.6) is 17.2 Å². The molecular formula is C53H82N4O3. The molecule has 0 amide bonds. The molecule has 0 saturated carbocycles. The number of hydrogen-bond acceptors (Lipinski definition) is 7. The molecule has 0 saturated heterocycles. The molecule has 7 heteroatoms. The summed E-state index contributed by atoms with van der Waals surface area (Å²) in [5.41, 5.74) is 7.84. The molecule has 3 aromatic carbocycles. The van der Waals surface area contributed by atoms with Gasteiger partial charge in [-0.05, 0) is 93.3 Å². The van der Waals surface area contributed by atoms with Crippen molar-refractivity contribution in [1.29, 1.82) is 0 Å². The molecule has 0 unspecified atom stereocenters. The number of hydrogen-bond donors (Lipinski definition) is 3. The fourth-order valence-corrected chi connectivity index (χ4v) is 7.07. The van der Waals surface area contributed by atoms with E-state index in [-0.39, 0.29) is 32.5 Å². The molecule has 0 aliphatic heterocycles. The highest BCUT2D eigenvalue weighted by molar-refractivity contribution is 5.86. The van der Waals surface area contributed by atoms with Gasteiger partial charge >= 0.3 is 0 Å². The van der Waals surface area contributed by atoms with Crippen LogP contribution in [0.1, 0.15) is 188 Å². The first-order valence-electron chi connectivity index (χ1n) is 22.2. The van der Waals surface area contributed by atoms with Gasteiger partial charge in [-0.15, -0.1) is 0 Å². The lowest BCUT2D eigenvalue weighted by Gasteiger charge is -2.27. The zero-order chi connectivity index (χ0) is 45.6. The number of nitrogens with zero attached hydrogens (tertiary/aromatic N) is 4. The highest BCUT2D eigenvalue weighted by atomic mass is 16.3. The van der Waals surface area contributed by atoms with Crippen molar-refractivity contribution in [3.8, 4) is 17.2 Å². The van der Waals surface area contributed by atoms with Gasteiger partial charge in [0.1, 0.15) is 17.2 Å². The van der Waals surface area contributed by atoms with Crippen LogP contribution in [0.4, 0.5) is 0 Å². The first-order chi connectivity index (χ1) is 27.3. The fourth-order valence-electron chi connectivity index (χ4n) is 7.07. The van der Waals surface area contributed by atoms with Crippen LogP contribution >= 0.6 is 0 Å². The third-order valence-electron chi connectivity index (χ3n) is 11.2. The second-order valence-electron chi connectivity index (χ2n) is 23.0. The monoisotopic (exact) mass is 823 g/mol. The standard InChI is InChI=1S/C53H82N4O3/c1-48(2,3)39-27-36(45(58)42(30-39)51(10,11)12)33-54-21-19-24-57(26-23-56-35-38-29-41(50(7,8)9)32-44(47(38)60)53(16,17)18)25-20-22-55-34-37-28-40(49(4,5)6)31-43(46(37)59)52(13,14)15/h27-35,58-60H,19-26H2,1-18H3. The molecule has 3 rings (SSSR count). The predicted octanol–water partition coefficient (Wildman–Crippen LogP) is 12.3. The molecule has 332 valence electrons. The van der Waals surface area contributed by atoms with E-state index < -0.39 is 0 Å². The fraction of sp³-hybridized carbons (Fsp3) is 0.604. The SMILES string of the molecule is CC(C)(C)c1cc(C=NCCCN(CCCN=Cc2cc(C(C)(C)C)cc(C(C)(C)C)c2O)CCN=Cc2cc(C(C)(C)C)cc(C(C)(C)C)c2O)c(O)c(C(C)(C)C)c1. The summed E-state index contributed by atoms with van der Waals surface area (Å²) in [7, 11) is 0. The summed E-state index contributed by atoms with van der Waals surface area (Å²) in [6.07, 6.45) is 7.20. The maximum absolute atomic E-state index is 11.3. The summed E-state index contributed by atoms with van der Waals surface area (Å²) in [5.74, 6) is 0.913. The lowest BCUT2D eigenvalue weighted by Crippen LogP contribution is -2.29. The van der Waals surface area contributed by atoms with Crippen LogP contribution in [0.25, 0.3) is 0 Å². The topological polar surface area (TPSA) is 101 Å². The number of aromatic hydroxyl groups is 3. The Balaban J connectivity index is 1.82. The molecule has 60 heavy (non-hydrogen) atoms. The minimum Gasteiger partial charge on any atom is -0.507 e. The smallest absolute Gasteiger partial charge is 0.128 e. The van der Waals surface area contributed by atoms with E-state index in [0.29, 0.717) is 36.9 Å². The van der Waals surface area contributed by atoms with Gasteiger partial charge in [-0.25, -0.2) is 0 Å². The van der Waals surface area contributed by atoms with E-state index in [0.717, 1.165) is 65.9 Å². The highest BCUT2D eigenvalue weighted by Crippen LogP contribution is 2.39. The lowest BCUT2D eigenvalue weighted by molar-refractivity contribution is 0.278. The van der Waals surface area contributed by atoms with Crippen molar-refractivity contribution in [3.05, 3.63) is 86.5 Å². The quantitative estimate of drug-likeness (QED) is 0.111. The predicted molar refractivity (Wildman–Crippen MR) is 260 cm³/mol. The van der Waals surface area contributed by atoms with Gasteiger partial charge < -0.3 is 20.2 Å². The molecule has 7 nitrogen and oxygen atoms in total. The molecule has 0 bridgehead atoms. The Morgan fingerprint density at radius 1 is 0.383 bits per heavy atom. The second-order valence-corrected chi connectivity index (χ2v) is 23.0. The van der Waals surface area contributed by atoms with Gasteiger partial charge in [0, 0.05) is 71.7 Å². The Morgan fingerprint density at radius 3 is 0.900 bits per heavy atom. The van der Waals surface area contributed by atoms with Gasteiger partial charge in [-0.1, -0.05) is 143 Å². The number of phenolic OH excluding ortho intramolecular Hbond substituents is 3. The molecule has 0 aliphatic carbocycles. The Kier molecular flexibility index (Phi) is 16.3. The lowest BCUT2D eigenvalue weighted by atomic mass is 9.79. The second kappa shape index (κ2) is 19.4. The van der Waals surface area contributed by atoms with Crippen LogP contribution in [0.3, 0.4) is 0 Å². The van der Waals surface area contributed by atoms with Gasteiger partial charge in [0.15, 0.2) is 0 Å². The summed E-state index contributed by atoms with van der Waals surface area (Å²) in [6.45, 7) is 43.2. The Bertz CT molecular complexity index is 1900. The van der Waals surface area contributed by atoms with E-state index in [2.05, 4.69) is 166 Å². The molecule has 0 aliphatic rings. The van der Waals surface area contributed by atoms with Crippen molar-refractivity contribution < 1.29 is 15.3 Å². The van der Waals surface area contributed by atoms with Gasteiger partial charge in [0.25, 0.3) is 0 Å². The Labute approximate surface area is 365 Å². The van der Waals surface area contributed by atoms with E-state index in [1.165, 1.54) is 16.7 Å². The number of benzene rings is 3. The van der Waals surface area contributed by atoms with Crippen molar-refractivity contribution >= 4 is 18.6 Å². The molecule has 0 radical (unpaired) electrons. The van der Waals surface area contributed by atoms with E-state index >= 15 is 0 Å². The minimum absolute atomic E-state index is 0.0570. The Hall–Kier alpha value is -3.97. The average Bonchev–Trinajstić information content (AvgIpc) is 3.08. The van der Waals surface area contributed by atoms with Crippen LogP contribution < -0.4 is 0 Å². The van der Waals surface area contributed by atoms with Crippen LogP contribution in [0.15, 0.2) is 51.4 Å². The van der Waals surface area contributed by atoms with Gasteiger partial charge in [0.05, 0.1) is 6.54 Å². The normalized spacial score (nSPS) is 13.8. The number of rotatable bonds is 14. The van der Waals surface area contributed by atoms with E-state index in [9.17, 15) is 15.3 Å². The van der Waals surface area contributed by atoms with Crippen molar-refractivity contribution in [2.75, 3.05) is 39.3 Å². The molecule has 3 aromatic rings. The zero-order valence-electron chi connectivity index (χ0n) is 41.0. The largest absolute Gasteiger partial charge is 0.507 e. The van der Waals surface area contributed by atoms with Gasteiger partial charge in [-0.3, -0.25) is 15.0 Å². The summed E-state index contributed by atoms with van der Waals surface area (Å²) < 4.78 is 0.